The maximum atomic E-state index is 14.4. The van der Waals surface area contributed by atoms with Crippen molar-refractivity contribution in [1.29, 1.82) is 0 Å². The average Bonchev–Trinajstić information content (AvgIpc) is 3.41. The van der Waals surface area contributed by atoms with Gasteiger partial charge in [-0.25, -0.2) is 4.79 Å². The van der Waals surface area contributed by atoms with E-state index in [1.54, 1.807) is 7.05 Å². The minimum Gasteiger partial charge on any atom is -0.444 e. The first kappa shape index (κ1) is 26.0. The van der Waals surface area contributed by atoms with E-state index in [1.807, 2.05) is 56.9 Å². The van der Waals surface area contributed by atoms with Crippen molar-refractivity contribution >= 4 is 29.4 Å². The Labute approximate surface area is 213 Å². The zero-order valence-electron chi connectivity index (χ0n) is 21.5. The Morgan fingerprint density at radius 1 is 1.11 bits per heavy atom. The molecule has 0 aromatic heterocycles. The first-order chi connectivity index (χ1) is 16.4. The Morgan fingerprint density at radius 3 is 2.26 bits per heavy atom. The third-order valence-corrected chi connectivity index (χ3v) is 8.21. The molecule has 0 bridgehead atoms. The number of benzene rings is 1. The highest BCUT2D eigenvalue weighted by Crippen LogP contribution is 2.47. The minimum atomic E-state index is -1.09. The van der Waals surface area contributed by atoms with Gasteiger partial charge in [0.2, 0.25) is 5.91 Å². The Kier molecular flexibility index (Phi) is 6.97. The number of likely N-dealkylation sites (tertiary alicyclic amines) is 1. The predicted octanol–water partition coefficient (Wildman–Crippen LogP) is 4.24. The summed E-state index contributed by atoms with van der Waals surface area (Å²) in [6.07, 6.45) is 2.60. The van der Waals surface area contributed by atoms with E-state index in [0.717, 1.165) is 18.4 Å². The smallest absolute Gasteiger partial charge is 0.410 e. The highest BCUT2D eigenvalue weighted by Gasteiger charge is 2.57. The van der Waals surface area contributed by atoms with Crippen molar-refractivity contribution in [2.75, 3.05) is 33.2 Å². The number of hydrogen-bond acceptors (Lipinski definition) is 5. The Balaban J connectivity index is 1.61. The van der Waals surface area contributed by atoms with Gasteiger partial charge in [0.15, 0.2) is 5.78 Å². The van der Waals surface area contributed by atoms with Crippen LogP contribution in [0.5, 0.6) is 0 Å². The molecule has 2 amide bonds. The topological polar surface area (TPSA) is 79.0 Å². The molecule has 8 heteroatoms. The van der Waals surface area contributed by atoms with Gasteiger partial charge in [-0.2, -0.15) is 0 Å². The third-order valence-electron chi connectivity index (χ3n) is 7.95. The minimum absolute atomic E-state index is 0.0422. The van der Waals surface area contributed by atoms with Crippen LogP contribution in [-0.2, 0) is 14.3 Å². The summed E-state index contributed by atoms with van der Waals surface area (Å²) in [5.41, 5.74) is -1.01. The number of carbonyl (C=O) groups excluding carboxylic acids is 3. The second-order valence-corrected chi connectivity index (χ2v) is 12.1. The summed E-state index contributed by atoms with van der Waals surface area (Å²) in [6, 6.07) is 7.51. The lowest BCUT2D eigenvalue weighted by Gasteiger charge is -2.45. The van der Waals surface area contributed by atoms with Crippen LogP contribution in [0.4, 0.5) is 4.79 Å². The van der Waals surface area contributed by atoms with Crippen molar-refractivity contribution in [2.24, 2.45) is 11.3 Å². The molecule has 1 aromatic carbocycles. The Morgan fingerprint density at radius 2 is 1.71 bits per heavy atom. The van der Waals surface area contributed by atoms with Gasteiger partial charge < -0.3 is 15.0 Å². The fraction of sp³-hybridized carbons (Fsp3) is 0.667. The number of nitrogens with one attached hydrogen (secondary N) is 1. The van der Waals surface area contributed by atoms with Crippen molar-refractivity contribution in [3.05, 3.63) is 34.9 Å². The van der Waals surface area contributed by atoms with Gasteiger partial charge in [-0.3, -0.25) is 14.5 Å². The summed E-state index contributed by atoms with van der Waals surface area (Å²) in [7, 11) is 1.68. The molecule has 192 valence electrons. The zero-order chi connectivity index (χ0) is 25.6. The van der Waals surface area contributed by atoms with Crippen LogP contribution in [0.25, 0.3) is 0 Å². The van der Waals surface area contributed by atoms with Crippen LogP contribution < -0.4 is 5.32 Å². The molecule has 1 aromatic rings. The lowest BCUT2D eigenvalue weighted by molar-refractivity contribution is -0.142. The van der Waals surface area contributed by atoms with Crippen molar-refractivity contribution in [1.82, 2.24) is 15.1 Å². The molecular formula is C27H38ClN3O4. The van der Waals surface area contributed by atoms with Gasteiger partial charge in [-0.15, -0.1) is 0 Å². The third kappa shape index (κ3) is 5.08. The van der Waals surface area contributed by atoms with Gasteiger partial charge in [-0.05, 0) is 64.2 Å². The SMILES string of the molecule is CN(C(=O)OC(C)(C)C)[C@]1(C(=O)C2CCN(C(=O)C3(C)CC3)CC2)CNC[C@H]1c1ccc(Cl)cc1. The summed E-state index contributed by atoms with van der Waals surface area (Å²) >= 11 is 6.14. The maximum absolute atomic E-state index is 14.4. The number of nitrogens with zero attached hydrogens (tertiary/aromatic N) is 2. The number of amides is 2. The first-order valence-electron chi connectivity index (χ1n) is 12.6. The van der Waals surface area contributed by atoms with Gasteiger partial charge in [0, 0.05) is 55.5 Å². The van der Waals surface area contributed by atoms with E-state index in [9.17, 15) is 14.4 Å². The number of halogens is 1. The number of rotatable bonds is 5. The molecule has 7 nitrogen and oxygen atoms in total. The highest BCUT2D eigenvalue weighted by atomic mass is 35.5. The summed E-state index contributed by atoms with van der Waals surface area (Å²) in [4.78, 5) is 43.9. The second kappa shape index (κ2) is 9.40. The number of ketones is 1. The molecule has 2 heterocycles. The van der Waals surface area contributed by atoms with Gasteiger partial charge in [0.25, 0.3) is 0 Å². The number of ether oxygens (including phenoxy) is 1. The van der Waals surface area contributed by atoms with Crippen LogP contribution in [0, 0.1) is 11.3 Å². The molecule has 3 fully saturated rings. The molecular weight excluding hydrogens is 466 g/mol. The van der Waals surface area contributed by atoms with Crippen molar-refractivity contribution in [3.8, 4) is 0 Å². The number of Topliss-reactive ketones (excluding diaryl/α,β-unsaturated/α-hetero) is 1. The van der Waals surface area contributed by atoms with Crippen LogP contribution in [0.15, 0.2) is 24.3 Å². The fourth-order valence-electron chi connectivity index (χ4n) is 5.54. The largest absolute Gasteiger partial charge is 0.444 e. The predicted molar refractivity (Wildman–Crippen MR) is 135 cm³/mol. The average molecular weight is 504 g/mol. The molecule has 35 heavy (non-hydrogen) atoms. The quantitative estimate of drug-likeness (QED) is 0.650. The van der Waals surface area contributed by atoms with Gasteiger partial charge >= 0.3 is 6.09 Å². The standard InChI is InChI=1S/C27H38ClN3O4/c1-25(2,3)35-24(34)30(5)27(17-29-16-21(27)18-6-8-20(28)9-7-18)22(32)19-10-14-31(15-11-19)23(33)26(4)12-13-26/h6-9,19,21,29H,10-17H2,1-5H3/t21-,27+/m0/s1. The van der Waals surface area contributed by atoms with Crippen molar-refractivity contribution < 1.29 is 19.1 Å². The number of likely N-dealkylation sites (N-methyl/N-ethyl adjacent to an activating group) is 1. The molecule has 0 radical (unpaired) electrons. The van der Waals surface area contributed by atoms with Crippen LogP contribution in [0.1, 0.15) is 64.9 Å². The van der Waals surface area contributed by atoms with E-state index < -0.39 is 17.2 Å². The zero-order valence-corrected chi connectivity index (χ0v) is 22.3. The first-order valence-corrected chi connectivity index (χ1v) is 13.0. The summed E-state index contributed by atoms with van der Waals surface area (Å²) < 4.78 is 5.70. The highest BCUT2D eigenvalue weighted by molar-refractivity contribution is 6.30. The molecule has 3 aliphatic rings. The molecule has 1 saturated carbocycles. The van der Waals surface area contributed by atoms with Gasteiger partial charge in [-0.1, -0.05) is 30.7 Å². The molecule has 1 aliphatic carbocycles. The Bertz CT molecular complexity index is 977. The molecule has 2 atom stereocenters. The molecule has 2 aliphatic heterocycles. The number of hydrogen-bond donors (Lipinski definition) is 1. The van der Waals surface area contributed by atoms with Crippen LogP contribution in [-0.4, -0.2) is 72.0 Å². The summed E-state index contributed by atoms with van der Waals surface area (Å²) in [5, 5.41) is 4.01. The lowest BCUT2D eigenvalue weighted by atomic mass is 9.72. The van der Waals surface area contributed by atoms with Crippen LogP contribution in [0.2, 0.25) is 5.02 Å². The summed E-state index contributed by atoms with van der Waals surface area (Å²) in [5.74, 6) is -0.216. The number of carbonyl (C=O) groups is 3. The van der Waals surface area contributed by atoms with E-state index in [4.69, 9.17) is 16.3 Å². The van der Waals surface area contributed by atoms with Crippen molar-refractivity contribution in [3.63, 3.8) is 0 Å². The normalized spacial score (nSPS) is 26.3. The molecule has 4 rings (SSSR count). The second-order valence-electron chi connectivity index (χ2n) is 11.7. The van der Waals surface area contributed by atoms with E-state index in [0.29, 0.717) is 44.0 Å². The van der Waals surface area contributed by atoms with Crippen LogP contribution >= 0.6 is 11.6 Å². The number of piperidine rings is 1. The van der Waals surface area contributed by atoms with E-state index in [-0.39, 0.29) is 28.9 Å². The molecule has 2 saturated heterocycles. The van der Waals surface area contributed by atoms with Crippen molar-refractivity contribution in [2.45, 2.75) is 70.4 Å². The molecule has 0 spiro atoms. The maximum Gasteiger partial charge on any atom is 0.410 e. The lowest BCUT2D eigenvalue weighted by Crippen LogP contribution is -2.62. The van der Waals surface area contributed by atoms with E-state index in [1.165, 1.54) is 4.90 Å². The monoisotopic (exact) mass is 503 g/mol. The van der Waals surface area contributed by atoms with Gasteiger partial charge in [0.05, 0.1) is 0 Å². The summed E-state index contributed by atoms with van der Waals surface area (Å²) in [6.45, 7) is 9.57. The Hall–Kier alpha value is -2.12. The fourth-order valence-corrected chi connectivity index (χ4v) is 5.66. The van der Waals surface area contributed by atoms with Gasteiger partial charge in [0.1, 0.15) is 11.1 Å². The van der Waals surface area contributed by atoms with E-state index >= 15 is 0 Å². The van der Waals surface area contributed by atoms with E-state index in [2.05, 4.69) is 5.32 Å². The van der Waals surface area contributed by atoms with Crippen LogP contribution in [0.3, 0.4) is 0 Å². The molecule has 1 N–H and O–H groups in total. The molecule has 0 unspecified atom stereocenters.